The topological polar surface area (TPSA) is 67.4 Å². The van der Waals surface area contributed by atoms with Gasteiger partial charge in [-0.05, 0) is 41.8 Å². The van der Waals surface area contributed by atoms with Crippen LogP contribution in [0.5, 0.6) is 5.75 Å². The molecule has 138 valence electrons. The average molecular weight is 421 g/mol. The largest absolute Gasteiger partial charge is 0.494 e. The summed E-state index contributed by atoms with van der Waals surface area (Å²) < 4.78 is 5.08. The minimum atomic E-state index is -0.386. The van der Waals surface area contributed by atoms with Gasteiger partial charge >= 0.3 is 0 Å². The smallest absolute Gasteiger partial charge is 0.265 e. The van der Waals surface area contributed by atoms with Crippen LogP contribution in [0.15, 0.2) is 53.9 Å². The van der Waals surface area contributed by atoms with Gasteiger partial charge in [-0.1, -0.05) is 35.3 Å². The summed E-state index contributed by atoms with van der Waals surface area (Å²) in [6.07, 6.45) is 0. The molecule has 1 aromatic heterocycles. The lowest BCUT2D eigenvalue weighted by molar-refractivity contribution is 0.102. The monoisotopic (exact) mass is 420 g/mol. The third kappa shape index (κ3) is 4.60. The second kappa shape index (κ2) is 8.43. The molecular weight excluding hydrogens is 407 g/mol. The van der Waals surface area contributed by atoms with Gasteiger partial charge < -0.3 is 15.4 Å². The summed E-state index contributed by atoms with van der Waals surface area (Å²) in [7, 11) is 1.45. The molecule has 5 nitrogen and oxygen atoms in total. The quantitative estimate of drug-likeness (QED) is 0.566. The zero-order chi connectivity index (χ0) is 19.4. The first-order chi connectivity index (χ1) is 13.0. The molecule has 27 heavy (non-hydrogen) atoms. The van der Waals surface area contributed by atoms with Crippen LogP contribution in [0.25, 0.3) is 0 Å². The molecule has 0 aliphatic rings. The maximum Gasteiger partial charge on any atom is 0.265 e. The third-order valence-electron chi connectivity index (χ3n) is 3.59. The fourth-order valence-corrected chi connectivity index (χ4v) is 3.62. The van der Waals surface area contributed by atoms with Crippen molar-refractivity contribution in [3.63, 3.8) is 0 Å². The summed E-state index contributed by atoms with van der Waals surface area (Å²) in [6, 6.07) is 13.3. The van der Waals surface area contributed by atoms with Gasteiger partial charge in [-0.3, -0.25) is 9.59 Å². The van der Waals surface area contributed by atoms with Crippen molar-refractivity contribution in [2.75, 3.05) is 17.7 Å². The average Bonchev–Trinajstić information content (AvgIpc) is 3.16. The van der Waals surface area contributed by atoms with Crippen molar-refractivity contribution in [2.24, 2.45) is 0 Å². The van der Waals surface area contributed by atoms with Crippen LogP contribution in [0, 0.1) is 0 Å². The van der Waals surface area contributed by atoms with Crippen molar-refractivity contribution in [1.82, 2.24) is 0 Å². The molecule has 0 atom stereocenters. The van der Waals surface area contributed by atoms with E-state index in [1.54, 1.807) is 36.4 Å². The van der Waals surface area contributed by atoms with E-state index in [2.05, 4.69) is 10.6 Å². The summed E-state index contributed by atoms with van der Waals surface area (Å²) >= 11 is 13.5. The van der Waals surface area contributed by atoms with Gasteiger partial charge in [0.1, 0.15) is 0 Å². The van der Waals surface area contributed by atoms with Gasteiger partial charge in [0.15, 0.2) is 5.75 Å². The number of ether oxygens (including phenoxy) is 1. The van der Waals surface area contributed by atoms with E-state index in [-0.39, 0.29) is 21.9 Å². The van der Waals surface area contributed by atoms with Crippen LogP contribution in [0.2, 0.25) is 10.0 Å². The molecule has 3 aromatic rings. The standard InChI is InChI=1S/C19H14Cl2N2O3S/c1-26-17-14(20)8-11(9-15(17)21)18(24)22-12-4-2-5-13(10-12)23-19(25)16-6-3-7-27-16/h2-10H,1H3,(H,22,24)(H,23,25). The van der Waals surface area contributed by atoms with Gasteiger partial charge in [0.25, 0.3) is 11.8 Å². The van der Waals surface area contributed by atoms with E-state index < -0.39 is 0 Å². The predicted octanol–water partition coefficient (Wildman–Crippen LogP) is 5.57. The number of halogens is 2. The molecule has 0 aliphatic heterocycles. The van der Waals surface area contributed by atoms with Crippen LogP contribution >= 0.6 is 34.5 Å². The number of carbonyl (C=O) groups is 2. The first-order valence-electron chi connectivity index (χ1n) is 7.77. The Morgan fingerprint density at radius 2 is 1.56 bits per heavy atom. The fourth-order valence-electron chi connectivity index (χ4n) is 2.36. The van der Waals surface area contributed by atoms with Crippen LogP contribution in [-0.4, -0.2) is 18.9 Å². The highest BCUT2D eigenvalue weighted by atomic mass is 35.5. The summed E-state index contributed by atoms with van der Waals surface area (Å²) in [6.45, 7) is 0. The molecule has 2 aromatic carbocycles. The molecule has 3 rings (SSSR count). The Morgan fingerprint density at radius 1 is 0.926 bits per heavy atom. The third-order valence-corrected chi connectivity index (χ3v) is 5.02. The number of hydrogen-bond acceptors (Lipinski definition) is 4. The molecule has 8 heteroatoms. The Labute approximate surface area is 169 Å². The normalized spacial score (nSPS) is 10.3. The number of thiophene rings is 1. The summed E-state index contributed by atoms with van der Waals surface area (Å²) in [5, 5.41) is 7.86. The first kappa shape index (κ1) is 19.2. The van der Waals surface area contributed by atoms with Crippen molar-refractivity contribution in [3.8, 4) is 5.75 Å². The Kier molecular flexibility index (Phi) is 6.01. The molecule has 0 aliphatic carbocycles. The van der Waals surface area contributed by atoms with Gasteiger partial charge in [0.2, 0.25) is 0 Å². The second-order valence-electron chi connectivity index (χ2n) is 5.44. The van der Waals surface area contributed by atoms with Gasteiger partial charge in [-0.15, -0.1) is 11.3 Å². The van der Waals surface area contributed by atoms with E-state index in [1.165, 1.54) is 30.6 Å². The summed E-state index contributed by atoms with van der Waals surface area (Å²) in [4.78, 5) is 25.2. The molecule has 0 radical (unpaired) electrons. The van der Waals surface area contributed by atoms with Gasteiger partial charge in [-0.25, -0.2) is 0 Å². The number of rotatable bonds is 5. The number of benzene rings is 2. The van der Waals surface area contributed by atoms with E-state index in [1.807, 2.05) is 5.38 Å². The first-order valence-corrected chi connectivity index (χ1v) is 9.41. The van der Waals surface area contributed by atoms with E-state index in [0.717, 1.165) is 0 Å². The minimum Gasteiger partial charge on any atom is -0.494 e. The fraction of sp³-hybridized carbons (Fsp3) is 0.0526. The van der Waals surface area contributed by atoms with E-state index in [0.29, 0.717) is 27.6 Å². The zero-order valence-corrected chi connectivity index (χ0v) is 16.4. The molecule has 0 unspecified atom stereocenters. The van der Waals surface area contributed by atoms with Crippen molar-refractivity contribution in [2.45, 2.75) is 0 Å². The highest BCUT2D eigenvalue weighted by Crippen LogP contribution is 2.34. The number of methoxy groups -OCH3 is 1. The number of nitrogens with one attached hydrogen (secondary N) is 2. The number of carbonyl (C=O) groups excluding carboxylic acids is 2. The Hall–Kier alpha value is -2.54. The highest BCUT2D eigenvalue weighted by Gasteiger charge is 2.14. The molecule has 0 fully saturated rings. The molecule has 0 bridgehead atoms. The number of hydrogen-bond donors (Lipinski definition) is 2. The molecule has 1 heterocycles. The van der Waals surface area contributed by atoms with Crippen molar-refractivity contribution >= 4 is 57.7 Å². The minimum absolute atomic E-state index is 0.206. The molecule has 2 N–H and O–H groups in total. The molecule has 2 amide bonds. The van der Waals surface area contributed by atoms with Gasteiger partial charge in [0, 0.05) is 16.9 Å². The van der Waals surface area contributed by atoms with Crippen LogP contribution in [-0.2, 0) is 0 Å². The van der Waals surface area contributed by atoms with Crippen LogP contribution in [0.4, 0.5) is 11.4 Å². The van der Waals surface area contributed by atoms with Gasteiger partial charge in [0.05, 0.1) is 22.0 Å². The van der Waals surface area contributed by atoms with Crippen molar-refractivity contribution in [1.29, 1.82) is 0 Å². The van der Waals surface area contributed by atoms with Gasteiger partial charge in [-0.2, -0.15) is 0 Å². The zero-order valence-electron chi connectivity index (χ0n) is 14.1. The Balaban J connectivity index is 1.74. The van der Waals surface area contributed by atoms with Crippen LogP contribution in [0.1, 0.15) is 20.0 Å². The summed E-state index contributed by atoms with van der Waals surface area (Å²) in [5.74, 6) is -0.279. The SMILES string of the molecule is COc1c(Cl)cc(C(=O)Nc2cccc(NC(=O)c3cccs3)c2)cc1Cl. The van der Waals surface area contributed by atoms with E-state index >= 15 is 0 Å². The van der Waals surface area contributed by atoms with Crippen LogP contribution in [0.3, 0.4) is 0 Å². The number of amides is 2. The van der Waals surface area contributed by atoms with Crippen LogP contribution < -0.4 is 15.4 Å². The van der Waals surface area contributed by atoms with Crippen molar-refractivity contribution < 1.29 is 14.3 Å². The lowest BCUT2D eigenvalue weighted by Crippen LogP contribution is -2.13. The summed E-state index contributed by atoms with van der Waals surface area (Å²) in [5.41, 5.74) is 1.38. The molecular formula is C19H14Cl2N2O3S. The second-order valence-corrected chi connectivity index (χ2v) is 7.20. The highest BCUT2D eigenvalue weighted by molar-refractivity contribution is 7.12. The lowest BCUT2D eigenvalue weighted by Gasteiger charge is -2.11. The van der Waals surface area contributed by atoms with E-state index in [4.69, 9.17) is 27.9 Å². The maximum absolute atomic E-state index is 12.5. The Bertz CT molecular complexity index is 967. The molecule has 0 spiro atoms. The van der Waals surface area contributed by atoms with E-state index in [9.17, 15) is 9.59 Å². The molecule has 0 saturated heterocycles. The maximum atomic E-state index is 12.5. The lowest BCUT2D eigenvalue weighted by atomic mass is 10.2. The molecule has 0 saturated carbocycles. The number of anilines is 2. The van der Waals surface area contributed by atoms with Crippen molar-refractivity contribution in [3.05, 3.63) is 74.4 Å². The predicted molar refractivity (Wildman–Crippen MR) is 110 cm³/mol. The Morgan fingerprint density at radius 3 is 2.11 bits per heavy atom.